The Morgan fingerprint density at radius 1 is 1.33 bits per heavy atom. The fourth-order valence-corrected chi connectivity index (χ4v) is 6.88. The first kappa shape index (κ1) is 16.4. The highest BCUT2D eigenvalue weighted by Gasteiger charge is 2.66. The van der Waals surface area contributed by atoms with E-state index in [4.69, 9.17) is 9.47 Å². The number of hydrogen-bond donors (Lipinski definition) is 0. The van der Waals surface area contributed by atoms with Crippen molar-refractivity contribution in [2.45, 2.75) is 69.4 Å². The monoisotopic (exact) mass is 367 g/mol. The van der Waals surface area contributed by atoms with Crippen LogP contribution in [-0.2, 0) is 23.1 Å². The van der Waals surface area contributed by atoms with Gasteiger partial charge in [-0.15, -0.1) is 0 Å². The van der Waals surface area contributed by atoms with Crippen molar-refractivity contribution in [2.75, 3.05) is 20.2 Å². The van der Waals surface area contributed by atoms with Crippen molar-refractivity contribution in [2.24, 2.45) is 11.8 Å². The van der Waals surface area contributed by atoms with Gasteiger partial charge in [-0.05, 0) is 74.1 Å². The van der Waals surface area contributed by atoms with E-state index in [9.17, 15) is 4.79 Å². The first-order chi connectivity index (χ1) is 13.2. The molecular weight excluding hydrogens is 338 g/mol. The number of ether oxygens (including phenoxy) is 2. The zero-order chi connectivity index (χ0) is 18.3. The van der Waals surface area contributed by atoms with E-state index < -0.39 is 0 Å². The molecule has 27 heavy (non-hydrogen) atoms. The summed E-state index contributed by atoms with van der Waals surface area (Å²) in [5.74, 6) is 3.50. The van der Waals surface area contributed by atoms with E-state index in [1.165, 1.54) is 36.1 Å². The van der Waals surface area contributed by atoms with Crippen LogP contribution in [0.15, 0.2) is 6.07 Å². The van der Waals surface area contributed by atoms with Crippen molar-refractivity contribution in [3.63, 3.8) is 0 Å². The molecule has 0 N–H and O–H groups in total. The summed E-state index contributed by atoms with van der Waals surface area (Å²) >= 11 is 0. The lowest BCUT2D eigenvalue weighted by Crippen LogP contribution is -2.66. The molecule has 5 aliphatic rings. The largest absolute Gasteiger partial charge is 0.493 e. The molecule has 0 radical (unpaired) electrons. The molecule has 1 spiro atoms. The lowest BCUT2D eigenvalue weighted by atomic mass is 9.51. The highest BCUT2D eigenvalue weighted by molar-refractivity contribution is 5.89. The van der Waals surface area contributed by atoms with Gasteiger partial charge in [0.15, 0.2) is 23.4 Å². The number of hydrogen-bond acceptors (Lipinski definition) is 4. The minimum Gasteiger partial charge on any atom is -0.493 e. The maximum atomic E-state index is 13.0. The Kier molecular flexibility index (Phi) is 3.34. The molecule has 2 aliphatic heterocycles. The lowest BCUT2D eigenvalue weighted by molar-refractivity contribution is -0.138. The van der Waals surface area contributed by atoms with Gasteiger partial charge in [-0.1, -0.05) is 6.92 Å². The van der Waals surface area contributed by atoms with Gasteiger partial charge in [0.1, 0.15) is 0 Å². The van der Waals surface area contributed by atoms with Crippen molar-refractivity contribution in [1.29, 1.82) is 0 Å². The Balaban J connectivity index is 1.56. The Morgan fingerprint density at radius 2 is 2.19 bits per heavy atom. The molecule has 0 unspecified atom stereocenters. The maximum absolute atomic E-state index is 13.0. The summed E-state index contributed by atoms with van der Waals surface area (Å²) in [5, 5.41) is 0. The van der Waals surface area contributed by atoms with Crippen molar-refractivity contribution in [3.05, 3.63) is 22.8 Å². The molecule has 4 heteroatoms. The van der Waals surface area contributed by atoms with Gasteiger partial charge in [0.25, 0.3) is 0 Å². The number of likely N-dealkylation sites (tertiary alicyclic amines) is 1. The summed E-state index contributed by atoms with van der Waals surface area (Å²) in [6, 6.07) is 2.75. The molecule has 4 nitrogen and oxygen atoms in total. The minimum atomic E-state index is -0.281. The van der Waals surface area contributed by atoms with Crippen LogP contribution in [0.5, 0.6) is 11.5 Å². The Bertz CT molecular complexity index is 829. The molecule has 6 rings (SSSR count). The van der Waals surface area contributed by atoms with Gasteiger partial charge < -0.3 is 9.47 Å². The molecular formula is C23H29NO3. The van der Waals surface area contributed by atoms with Crippen LogP contribution in [0.2, 0.25) is 0 Å². The van der Waals surface area contributed by atoms with E-state index in [1.807, 2.05) is 0 Å². The zero-order valence-corrected chi connectivity index (χ0v) is 16.4. The van der Waals surface area contributed by atoms with Gasteiger partial charge in [0.2, 0.25) is 0 Å². The Morgan fingerprint density at radius 3 is 2.93 bits per heavy atom. The average Bonchev–Trinajstić information content (AvgIpc) is 3.43. The van der Waals surface area contributed by atoms with Crippen LogP contribution < -0.4 is 9.47 Å². The van der Waals surface area contributed by atoms with E-state index in [2.05, 4.69) is 17.9 Å². The molecule has 0 aromatic heterocycles. The highest BCUT2D eigenvalue weighted by Crippen LogP contribution is 2.64. The topological polar surface area (TPSA) is 38.8 Å². The Hall–Kier alpha value is -1.55. The third-order valence-corrected chi connectivity index (χ3v) is 8.22. The predicted octanol–water partition coefficient (Wildman–Crippen LogP) is 3.28. The first-order valence-electron chi connectivity index (χ1n) is 10.8. The SMILES string of the molecule is CCc1cc(OC)c2c3c1C[C@@H]1[C@@H]4CCC(=O)[C@H](O2)[C@]34CCN1CC1CC1. The van der Waals surface area contributed by atoms with Crippen LogP contribution in [0, 0.1) is 11.8 Å². The van der Waals surface area contributed by atoms with E-state index in [0.717, 1.165) is 49.6 Å². The fraction of sp³-hybridized carbons (Fsp3) is 0.696. The highest BCUT2D eigenvalue weighted by atomic mass is 16.5. The normalized spacial score (nSPS) is 36.4. The summed E-state index contributed by atoms with van der Waals surface area (Å²) in [5.41, 5.74) is 4.14. The zero-order valence-electron chi connectivity index (χ0n) is 16.4. The van der Waals surface area contributed by atoms with Crippen LogP contribution in [0.1, 0.15) is 55.7 Å². The van der Waals surface area contributed by atoms with Crippen molar-refractivity contribution in [3.8, 4) is 11.5 Å². The molecule has 3 aliphatic carbocycles. The third-order valence-electron chi connectivity index (χ3n) is 8.22. The van der Waals surface area contributed by atoms with E-state index in [0.29, 0.717) is 24.2 Å². The first-order valence-corrected chi connectivity index (χ1v) is 10.8. The van der Waals surface area contributed by atoms with E-state index >= 15 is 0 Å². The number of carbonyl (C=O) groups is 1. The van der Waals surface area contributed by atoms with Crippen molar-refractivity contribution in [1.82, 2.24) is 4.90 Å². The molecule has 1 aromatic carbocycles. The number of ketones is 1. The second kappa shape index (κ2) is 5.50. The molecule has 2 saturated carbocycles. The number of benzene rings is 1. The summed E-state index contributed by atoms with van der Waals surface area (Å²) in [6.45, 7) is 4.61. The maximum Gasteiger partial charge on any atom is 0.174 e. The molecule has 0 amide bonds. The fourth-order valence-electron chi connectivity index (χ4n) is 6.88. The number of nitrogens with zero attached hydrogens (tertiary/aromatic N) is 1. The lowest BCUT2D eigenvalue weighted by Gasteiger charge is -2.58. The van der Waals surface area contributed by atoms with Gasteiger partial charge in [0, 0.05) is 30.0 Å². The van der Waals surface area contributed by atoms with Crippen LogP contribution in [-0.4, -0.2) is 43.0 Å². The van der Waals surface area contributed by atoms with Gasteiger partial charge >= 0.3 is 0 Å². The van der Waals surface area contributed by atoms with Crippen molar-refractivity contribution >= 4 is 5.78 Å². The minimum absolute atomic E-state index is 0.0958. The molecule has 2 bridgehead atoms. The summed E-state index contributed by atoms with van der Waals surface area (Å²) < 4.78 is 12.2. The second-order valence-corrected chi connectivity index (χ2v) is 9.38. The van der Waals surface area contributed by atoms with E-state index in [-0.39, 0.29) is 11.5 Å². The van der Waals surface area contributed by atoms with Crippen molar-refractivity contribution < 1.29 is 14.3 Å². The Labute approximate surface area is 161 Å². The van der Waals surface area contributed by atoms with Crippen LogP contribution in [0.4, 0.5) is 0 Å². The summed E-state index contributed by atoms with van der Waals surface area (Å²) in [7, 11) is 1.73. The number of aryl methyl sites for hydroxylation is 1. The van der Waals surface area contributed by atoms with Crippen LogP contribution in [0.3, 0.4) is 0 Å². The average molecular weight is 367 g/mol. The molecule has 1 aromatic rings. The molecule has 4 atom stereocenters. The van der Waals surface area contributed by atoms with Gasteiger partial charge in [0.05, 0.1) is 7.11 Å². The number of rotatable bonds is 4. The quantitative estimate of drug-likeness (QED) is 0.819. The van der Waals surface area contributed by atoms with Crippen LogP contribution >= 0.6 is 0 Å². The number of piperidine rings is 1. The van der Waals surface area contributed by atoms with Gasteiger partial charge in [-0.2, -0.15) is 0 Å². The van der Waals surface area contributed by atoms with E-state index in [1.54, 1.807) is 7.11 Å². The number of carbonyl (C=O) groups excluding carboxylic acids is 1. The molecule has 2 heterocycles. The number of methoxy groups -OCH3 is 1. The molecule has 3 fully saturated rings. The van der Waals surface area contributed by atoms with Crippen LogP contribution in [0.25, 0.3) is 0 Å². The summed E-state index contributed by atoms with van der Waals surface area (Å²) in [4.78, 5) is 15.7. The predicted molar refractivity (Wildman–Crippen MR) is 103 cm³/mol. The third kappa shape index (κ3) is 2.00. The molecule has 1 saturated heterocycles. The van der Waals surface area contributed by atoms with Gasteiger partial charge in [-0.3, -0.25) is 9.69 Å². The molecule has 144 valence electrons. The second-order valence-electron chi connectivity index (χ2n) is 9.38. The summed E-state index contributed by atoms with van der Waals surface area (Å²) in [6.07, 6.45) is 7.43. The van der Waals surface area contributed by atoms with Gasteiger partial charge in [-0.25, -0.2) is 0 Å². The smallest absolute Gasteiger partial charge is 0.174 e. The standard InChI is InChI=1S/C23H29NO3/c1-3-14-10-19(26-2)21-20-15(14)11-17-16-6-7-18(25)22(27-21)23(16,20)8-9-24(17)12-13-4-5-13/h10,13,16-17,22H,3-9,11-12H2,1-2H3/t16-,17+,22-,23-/m0/s1. The number of Topliss-reactive ketones (excluding diaryl/α,β-unsaturated/α-hetero) is 1.